The van der Waals surface area contributed by atoms with Crippen molar-refractivity contribution < 1.29 is 193 Å². The number of hydrogen-bond acceptors (Lipinski definition) is 38. The number of unbranched alkanes of at least 4 members (excludes halogenated alkanes) is 6. The Morgan fingerprint density at radius 3 is 1.49 bits per heavy atom. The summed E-state index contributed by atoms with van der Waals surface area (Å²) in [5.74, 6) is -13.2. The van der Waals surface area contributed by atoms with E-state index in [-0.39, 0.29) is 30.6 Å². The van der Waals surface area contributed by atoms with Crippen molar-refractivity contribution in [1.29, 1.82) is 0 Å². The first kappa shape index (κ1) is 92.7. The topological polar surface area (TPSA) is 707 Å². The smallest absolute Gasteiger partial charge is 0.364 e. The Balaban J connectivity index is 1.00. The lowest BCUT2D eigenvalue weighted by Gasteiger charge is -2.53. The van der Waals surface area contributed by atoms with E-state index in [4.69, 9.17) is 56.8 Å². The van der Waals surface area contributed by atoms with Crippen molar-refractivity contribution in [3.05, 3.63) is 0 Å². The molecule has 0 aliphatic carbocycles. The third-order valence-corrected chi connectivity index (χ3v) is 22.3. The number of aliphatic hydroxyl groups is 18. The van der Waals surface area contributed by atoms with E-state index in [1.807, 2.05) is 11.8 Å². The van der Waals surface area contributed by atoms with Gasteiger partial charge in [0.1, 0.15) is 134 Å². The van der Waals surface area contributed by atoms with Crippen LogP contribution in [0.4, 0.5) is 4.79 Å². The van der Waals surface area contributed by atoms with Gasteiger partial charge in [0.15, 0.2) is 25.2 Å². The molecule has 8 saturated heterocycles. The molecule has 0 aromatic heterocycles. The van der Waals surface area contributed by atoms with Crippen LogP contribution < -0.4 is 31.9 Å². The molecule has 8 heterocycles. The highest BCUT2D eigenvalue weighted by Crippen LogP contribution is 2.43. The molecule has 46 heteroatoms. The van der Waals surface area contributed by atoms with Gasteiger partial charge in [-0.3, -0.25) is 19.2 Å². The van der Waals surface area contributed by atoms with Gasteiger partial charge in [-0.1, -0.05) is 32.1 Å². The van der Waals surface area contributed by atoms with Gasteiger partial charge in [0.25, 0.3) is 11.6 Å². The normalized spacial score (nSPS) is 40.6. The van der Waals surface area contributed by atoms with Gasteiger partial charge in [-0.2, -0.15) is 11.8 Å². The van der Waals surface area contributed by atoms with Crippen molar-refractivity contribution in [2.45, 2.75) is 310 Å². The molecule has 0 radical (unpaired) electrons. The fourth-order valence-electron chi connectivity index (χ4n) is 15.0. The third-order valence-electron chi connectivity index (χ3n) is 20.8. The Kier molecular flexibility index (Phi) is 34.8. The second kappa shape index (κ2) is 42.1. The summed E-state index contributed by atoms with van der Waals surface area (Å²) in [6, 6.07) is -5.60. The van der Waals surface area contributed by atoms with Crippen molar-refractivity contribution in [3.8, 4) is 0 Å². The molecular formula is C66H110N6O39S. The number of carbonyl (C=O) groups excluding carboxylic acids is 5. The molecule has 6 amide bonds. The molecule has 35 atom stereocenters. The number of ether oxygens (including phenoxy) is 12. The summed E-state index contributed by atoms with van der Waals surface area (Å²) in [5.41, 5.74) is 0. The lowest BCUT2D eigenvalue weighted by molar-refractivity contribution is -0.405. The van der Waals surface area contributed by atoms with E-state index in [2.05, 4.69) is 31.9 Å². The van der Waals surface area contributed by atoms with Crippen LogP contribution in [-0.2, 0) is 85.6 Å². The quantitative estimate of drug-likeness (QED) is 0.0200. The van der Waals surface area contributed by atoms with E-state index in [0.29, 0.717) is 31.1 Å². The number of rotatable bonds is 40. The molecule has 0 aromatic rings. The number of nitrogens with one attached hydrogen (secondary N) is 6. The number of hydrogen-bond donors (Lipinski definition) is 26. The number of thioether (sulfide) groups is 1. The molecule has 8 aliphatic rings. The van der Waals surface area contributed by atoms with Crippen molar-refractivity contribution in [1.82, 2.24) is 31.9 Å². The molecule has 0 saturated carbocycles. The molecule has 8 rings (SSSR count). The zero-order chi connectivity index (χ0) is 82.4. The molecule has 644 valence electrons. The van der Waals surface area contributed by atoms with Crippen LogP contribution in [0.1, 0.15) is 97.8 Å². The lowest BCUT2D eigenvalue weighted by Crippen LogP contribution is -2.72. The van der Waals surface area contributed by atoms with Crippen LogP contribution >= 0.6 is 11.8 Å². The minimum Gasteiger partial charge on any atom is -0.477 e. The number of amides is 6. The van der Waals surface area contributed by atoms with Crippen molar-refractivity contribution in [3.63, 3.8) is 0 Å². The Morgan fingerprint density at radius 1 is 0.509 bits per heavy atom. The van der Waals surface area contributed by atoms with Gasteiger partial charge in [-0.25, -0.2) is 14.4 Å². The van der Waals surface area contributed by atoms with E-state index in [9.17, 15) is 136 Å². The Morgan fingerprint density at radius 2 is 0.964 bits per heavy atom. The summed E-state index contributed by atoms with van der Waals surface area (Å²) in [6.07, 6.45) is -55.4. The van der Waals surface area contributed by atoms with Crippen LogP contribution in [0.15, 0.2) is 0 Å². The number of aliphatic carboxylic acids is 2. The van der Waals surface area contributed by atoms with Crippen LogP contribution in [0.3, 0.4) is 0 Å². The van der Waals surface area contributed by atoms with Gasteiger partial charge in [-0.05, 0) is 25.7 Å². The van der Waals surface area contributed by atoms with Crippen LogP contribution in [0, 0.1) is 0 Å². The molecule has 45 nitrogen and oxygen atoms in total. The number of carboxylic acid groups (broad SMARTS) is 2. The van der Waals surface area contributed by atoms with Crippen LogP contribution in [-0.4, -0.2) is 415 Å². The SMILES string of the molecule is CC(=O)N[C@H]1[C@H](O[C@@H]2[C@H](O[C@]3(C(=O)O)C[C@H](O)[C@@H](NC(C)=O)[C@H]([C@H](O)[C@H](O)CO)O3)[C@@H](O)[C@H](O[C@H]3[C@H](O)[C@@H](O)[C@H](OCCCCCCCCNC(=O)CCCC[C@@H]4SC[C@@H]5NC(=O)N[C@@H]54)O[C@@H]3CO)O[C@@H]2CO)O[C@H](CO)[C@H](O)[C@@H]1O[C@@H]1O[C@H](CO)[C@H](O)[C@H](O[C@]2(C(=O)O)C[C@H](O)[C@@H](NC(C)=O)[C@H]([C@H](O)[C@H](O)CO)O2)[C@H]1O. The first-order chi connectivity index (χ1) is 53.1. The van der Waals surface area contributed by atoms with Gasteiger partial charge < -0.3 is 191 Å². The highest BCUT2D eigenvalue weighted by molar-refractivity contribution is 8.00. The number of carbonyl (C=O) groups is 7. The first-order valence-corrected chi connectivity index (χ1v) is 38.1. The van der Waals surface area contributed by atoms with Gasteiger partial charge in [0.05, 0.1) is 76.0 Å². The second-order valence-electron chi connectivity index (χ2n) is 29.0. The minimum absolute atomic E-state index is 0.0391. The van der Waals surface area contributed by atoms with Gasteiger partial charge >= 0.3 is 18.0 Å². The largest absolute Gasteiger partial charge is 0.477 e. The van der Waals surface area contributed by atoms with Crippen molar-refractivity contribution >= 4 is 53.4 Å². The molecule has 0 spiro atoms. The second-order valence-corrected chi connectivity index (χ2v) is 30.3. The standard InChI is InChI=1S/C66H110N6O39S/c1-25(79)68-40-29(82)16-65(62(95)96,108-54(40)43(87)31(84)18-73)110-56-46(90)34(21-76)102-60(49(56)93)107-53-42(70-27(3)81)58(101-33(20-75)45(53)89)106-52-36(23-78)104-61(50(94)57(52)111-66(63(97)98)17-30(83)41(69-26(2)80)55(109-66)44(88)32(85)19-74)105-51-35(22-77)103-59(48(92)47(51)91)100-15-11-7-5-4-6-10-14-67-38(86)13-9-8-12-37-39-28(24-112-37)71-64(99)72-39/h28-37,39-61,73-78,82-85,87-94H,4-24H2,1-3H3,(H,67,86)(H,68,79)(H,69,80)(H,70,81)(H,95,96)(H,97,98)(H2,71,72,99)/t28-,29-,30-,31+,32+,33+,34+,35+,36+,37-,39-,40+,41+,42+,43+,44+,45-,46-,47+,48+,49+,50+,51+,52-,53+,54+,55+,56-,57+,58-,59+,60-,61-,65-,66-/m0/s1. The maximum absolute atomic E-state index is 13.9. The molecule has 0 aromatic carbocycles. The Labute approximate surface area is 644 Å². The van der Waals surface area contributed by atoms with Crippen LogP contribution in [0.25, 0.3) is 0 Å². The Hall–Kier alpha value is -4.76. The summed E-state index contributed by atoms with van der Waals surface area (Å²) in [7, 11) is 0. The zero-order valence-electron chi connectivity index (χ0n) is 61.5. The third kappa shape index (κ3) is 22.3. The van der Waals surface area contributed by atoms with E-state index >= 15 is 0 Å². The molecule has 8 aliphatic heterocycles. The minimum atomic E-state index is -3.46. The van der Waals surface area contributed by atoms with Gasteiger partial charge in [0, 0.05) is 64.2 Å². The summed E-state index contributed by atoms with van der Waals surface area (Å²) in [5, 5.41) is 239. The monoisotopic (exact) mass is 1640 g/mol. The first-order valence-electron chi connectivity index (χ1n) is 37.1. The average Bonchev–Trinajstić information content (AvgIpc) is 0.988. The summed E-state index contributed by atoms with van der Waals surface area (Å²) < 4.78 is 71.5. The fourth-order valence-corrected chi connectivity index (χ4v) is 16.5. The van der Waals surface area contributed by atoms with E-state index < -0.39 is 277 Å². The summed E-state index contributed by atoms with van der Waals surface area (Å²) in [4.78, 5) is 89.5. The molecule has 8 fully saturated rings. The number of urea groups is 1. The molecule has 0 unspecified atom stereocenters. The predicted molar refractivity (Wildman–Crippen MR) is 367 cm³/mol. The summed E-state index contributed by atoms with van der Waals surface area (Å²) >= 11 is 1.82. The van der Waals surface area contributed by atoms with Crippen LogP contribution in [0.2, 0.25) is 0 Å². The fraction of sp³-hybridized carbons (Fsp3) is 0.894. The van der Waals surface area contributed by atoms with Crippen molar-refractivity contribution in [2.75, 3.05) is 58.5 Å². The van der Waals surface area contributed by atoms with Gasteiger partial charge in [0.2, 0.25) is 23.6 Å². The number of carboxylic acids is 2. The maximum atomic E-state index is 13.9. The van der Waals surface area contributed by atoms with E-state index in [1.54, 1.807) is 0 Å². The molecule has 26 N–H and O–H groups in total. The highest BCUT2D eigenvalue weighted by atomic mass is 32.2. The van der Waals surface area contributed by atoms with Gasteiger partial charge in [-0.15, -0.1) is 0 Å². The van der Waals surface area contributed by atoms with Crippen LogP contribution in [0.5, 0.6) is 0 Å². The molecule has 112 heavy (non-hydrogen) atoms. The zero-order valence-corrected chi connectivity index (χ0v) is 62.3. The number of aliphatic hydroxyl groups excluding tert-OH is 18. The summed E-state index contributed by atoms with van der Waals surface area (Å²) in [6.45, 7) is -4.03. The number of fused-ring (bicyclic) bond motifs is 1. The molecular weight excluding hydrogens is 1530 g/mol. The Bertz CT molecular complexity index is 3040. The highest BCUT2D eigenvalue weighted by Gasteiger charge is 2.64. The molecule has 0 bridgehead atoms. The average molecular weight is 1640 g/mol. The van der Waals surface area contributed by atoms with E-state index in [1.165, 1.54) is 0 Å². The van der Waals surface area contributed by atoms with Crippen molar-refractivity contribution in [2.24, 2.45) is 0 Å². The van der Waals surface area contributed by atoms with E-state index in [0.717, 1.165) is 71.5 Å². The lowest BCUT2D eigenvalue weighted by atomic mass is 9.88. The maximum Gasteiger partial charge on any atom is 0.364 e. The predicted octanol–water partition coefficient (Wildman–Crippen LogP) is -12.1.